The van der Waals surface area contributed by atoms with Gasteiger partial charge in [0.05, 0.1) is 0 Å². The molecule has 0 fully saturated rings. The third kappa shape index (κ3) is 2.61. The van der Waals surface area contributed by atoms with Crippen LogP contribution in [0.15, 0.2) is 54.6 Å². The predicted octanol–water partition coefficient (Wildman–Crippen LogP) is 3.21. The van der Waals surface area contributed by atoms with Gasteiger partial charge in [-0.3, -0.25) is 0 Å². The third-order valence-electron chi connectivity index (χ3n) is 2.22. The first-order chi connectivity index (χ1) is 7.90. The lowest BCUT2D eigenvalue weighted by Crippen LogP contribution is -2.09. The summed E-state index contributed by atoms with van der Waals surface area (Å²) in [6, 6.07) is 20.1. The average molecular weight is 213 g/mol. The van der Waals surface area contributed by atoms with E-state index in [2.05, 4.69) is 6.07 Å². The first-order valence-electron chi connectivity index (χ1n) is 5.10. The van der Waals surface area contributed by atoms with Gasteiger partial charge in [-0.15, -0.1) is 0 Å². The number of methoxy groups -OCH3 is 1. The molecule has 0 heterocycles. The Hall–Kier alpha value is -1.80. The van der Waals surface area contributed by atoms with Crippen molar-refractivity contribution < 1.29 is 9.47 Å². The summed E-state index contributed by atoms with van der Waals surface area (Å²) in [7, 11) is 1.63. The van der Waals surface area contributed by atoms with E-state index in [1.807, 2.05) is 54.6 Å². The van der Waals surface area contributed by atoms with E-state index in [-0.39, 0.29) is 6.29 Å². The zero-order chi connectivity index (χ0) is 11.2. The Morgan fingerprint density at radius 3 is 2.31 bits per heavy atom. The minimum absolute atomic E-state index is 0.372. The fourth-order valence-electron chi connectivity index (χ4n) is 1.44. The summed E-state index contributed by atoms with van der Waals surface area (Å²) >= 11 is 0. The van der Waals surface area contributed by atoms with Crippen molar-refractivity contribution in [3.05, 3.63) is 66.2 Å². The molecule has 0 aromatic heterocycles. The fourth-order valence-corrected chi connectivity index (χ4v) is 1.44. The highest BCUT2D eigenvalue weighted by atomic mass is 16.7. The Balaban J connectivity index is 2.13. The van der Waals surface area contributed by atoms with Crippen molar-refractivity contribution in [1.82, 2.24) is 0 Å². The molecule has 0 aliphatic carbocycles. The van der Waals surface area contributed by atoms with Crippen LogP contribution >= 0.6 is 0 Å². The van der Waals surface area contributed by atoms with Crippen LogP contribution < -0.4 is 4.74 Å². The Kier molecular flexibility index (Phi) is 3.57. The zero-order valence-electron chi connectivity index (χ0n) is 9.09. The number of benzene rings is 2. The molecule has 0 bridgehead atoms. The summed E-state index contributed by atoms with van der Waals surface area (Å²) in [5, 5.41) is 0. The van der Waals surface area contributed by atoms with Gasteiger partial charge in [-0.05, 0) is 18.2 Å². The van der Waals surface area contributed by atoms with Crippen LogP contribution in [0.4, 0.5) is 0 Å². The molecule has 1 unspecified atom stereocenters. The molecular formula is C14H13O2. The van der Waals surface area contributed by atoms with Crippen LogP contribution in [0, 0.1) is 6.07 Å². The van der Waals surface area contributed by atoms with Crippen LogP contribution in [0.2, 0.25) is 0 Å². The van der Waals surface area contributed by atoms with E-state index in [1.165, 1.54) is 0 Å². The highest BCUT2D eigenvalue weighted by Gasteiger charge is 2.10. The summed E-state index contributed by atoms with van der Waals surface area (Å²) in [4.78, 5) is 0. The summed E-state index contributed by atoms with van der Waals surface area (Å²) in [5.74, 6) is 0.773. The van der Waals surface area contributed by atoms with Gasteiger partial charge in [0.25, 0.3) is 0 Å². The SMILES string of the molecule is COC(Oc1cc[c]cc1)c1ccccc1. The summed E-state index contributed by atoms with van der Waals surface area (Å²) in [6.07, 6.45) is -0.372. The first-order valence-corrected chi connectivity index (χ1v) is 5.10. The van der Waals surface area contributed by atoms with Gasteiger partial charge in [0.2, 0.25) is 6.29 Å². The van der Waals surface area contributed by atoms with Crippen LogP contribution in [0.25, 0.3) is 0 Å². The molecule has 0 saturated heterocycles. The van der Waals surface area contributed by atoms with Gasteiger partial charge in [0.1, 0.15) is 5.75 Å². The van der Waals surface area contributed by atoms with Crippen molar-refractivity contribution in [2.75, 3.05) is 7.11 Å². The quantitative estimate of drug-likeness (QED) is 0.726. The lowest BCUT2D eigenvalue weighted by molar-refractivity contribution is -0.0562. The minimum Gasteiger partial charge on any atom is -0.461 e. The van der Waals surface area contributed by atoms with Gasteiger partial charge in [-0.1, -0.05) is 42.5 Å². The van der Waals surface area contributed by atoms with Crippen molar-refractivity contribution in [2.24, 2.45) is 0 Å². The monoisotopic (exact) mass is 213 g/mol. The van der Waals surface area contributed by atoms with Gasteiger partial charge in [-0.2, -0.15) is 0 Å². The Labute approximate surface area is 95.4 Å². The van der Waals surface area contributed by atoms with Gasteiger partial charge in [0, 0.05) is 12.7 Å². The molecule has 0 amide bonds. The van der Waals surface area contributed by atoms with E-state index in [4.69, 9.17) is 9.47 Å². The number of hydrogen-bond acceptors (Lipinski definition) is 2. The van der Waals surface area contributed by atoms with Gasteiger partial charge in [0.15, 0.2) is 0 Å². The maximum Gasteiger partial charge on any atom is 0.226 e. The molecule has 2 aromatic rings. The highest BCUT2D eigenvalue weighted by Crippen LogP contribution is 2.21. The Morgan fingerprint density at radius 1 is 1.00 bits per heavy atom. The molecule has 0 aliphatic heterocycles. The molecular weight excluding hydrogens is 200 g/mol. The number of rotatable bonds is 4. The third-order valence-corrected chi connectivity index (χ3v) is 2.22. The molecule has 1 atom stereocenters. The second-order valence-corrected chi connectivity index (χ2v) is 3.33. The van der Waals surface area contributed by atoms with E-state index < -0.39 is 0 Å². The molecule has 2 rings (SSSR count). The standard InChI is InChI=1S/C14H13O2/c1-15-14(12-8-4-2-5-9-12)16-13-10-6-3-7-11-13/h2,4-11,14H,1H3. The van der Waals surface area contributed by atoms with Crippen LogP contribution in [0.3, 0.4) is 0 Å². The topological polar surface area (TPSA) is 18.5 Å². The van der Waals surface area contributed by atoms with E-state index in [1.54, 1.807) is 7.11 Å². The first kappa shape index (κ1) is 10.7. The van der Waals surface area contributed by atoms with E-state index in [0.717, 1.165) is 11.3 Å². The lowest BCUT2D eigenvalue weighted by Gasteiger charge is -2.17. The van der Waals surface area contributed by atoms with Crippen molar-refractivity contribution >= 4 is 0 Å². The lowest BCUT2D eigenvalue weighted by atomic mass is 10.2. The second-order valence-electron chi connectivity index (χ2n) is 3.33. The maximum absolute atomic E-state index is 5.71. The van der Waals surface area contributed by atoms with E-state index in [0.29, 0.717) is 0 Å². The van der Waals surface area contributed by atoms with Gasteiger partial charge >= 0.3 is 0 Å². The maximum atomic E-state index is 5.71. The van der Waals surface area contributed by atoms with E-state index >= 15 is 0 Å². The normalized spacial score (nSPS) is 12.1. The molecule has 2 nitrogen and oxygen atoms in total. The fraction of sp³-hybridized carbons (Fsp3) is 0.143. The molecule has 2 heteroatoms. The summed E-state index contributed by atoms with van der Waals surface area (Å²) in [5.41, 5.74) is 0.998. The molecule has 0 N–H and O–H groups in total. The van der Waals surface area contributed by atoms with Crippen molar-refractivity contribution in [3.63, 3.8) is 0 Å². The van der Waals surface area contributed by atoms with Crippen LogP contribution in [0.1, 0.15) is 11.9 Å². The molecule has 2 aromatic carbocycles. The van der Waals surface area contributed by atoms with Crippen LogP contribution in [0.5, 0.6) is 5.75 Å². The van der Waals surface area contributed by atoms with E-state index in [9.17, 15) is 0 Å². The molecule has 81 valence electrons. The predicted molar refractivity (Wildman–Crippen MR) is 62.1 cm³/mol. The summed E-state index contributed by atoms with van der Waals surface area (Å²) in [6.45, 7) is 0. The highest BCUT2D eigenvalue weighted by molar-refractivity contribution is 5.23. The Morgan fingerprint density at radius 2 is 1.69 bits per heavy atom. The van der Waals surface area contributed by atoms with Crippen LogP contribution in [-0.2, 0) is 4.74 Å². The van der Waals surface area contributed by atoms with Gasteiger partial charge in [-0.25, -0.2) is 0 Å². The second kappa shape index (κ2) is 5.33. The minimum atomic E-state index is -0.372. The number of hydrogen-bond donors (Lipinski definition) is 0. The van der Waals surface area contributed by atoms with Gasteiger partial charge < -0.3 is 9.47 Å². The largest absolute Gasteiger partial charge is 0.461 e. The zero-order valence-corrected chi connectivity index (χ0v) is 9.09. The van der Waals surface area contributed by atoms with Crippen LogP contribution in [-0.4, -0.2) is 7.11 Å². The average Bonchev–Trinajstić information content (AvgIpc) is 2.38. The summed E-state index contributed by atoms with van der Waals surface area (Å²) < 4.78 is 11.0. The van der Waals surface area contributed by atoms with Crippen molar-refractivity contribution in [1.29, 1.82) is 0 Å². The molecule has 1 radical (unpaired) electrons. The van der Waals surface area contributed by atoms with Crippen molar-refractivity contribution in [3.8, 4) is 5.75 Å². The molecule has 16 heavy (non-hydrogen) atoms. The molecule has 0 saturated carbocycles. The Bertz CT molecular complexity index is 411. The smallest absolute Gasteiger partial charge is 0.226 e. The molecule has 0 spiro atoms. The van der Waals surface area contributed by atoms with Crippen molar-refractivity contribution in [2.45, 2.75) is 6.29 Å². The molecule has 0 aliphatic rings. The number of ether oxygens (including phenoxy) is 2.